The second kappa shape index (κ2) is 6.55. The van der Waals surface area contributed by atoms with Gasteiger partial charge in [-0.2, -0.15) is 8.78 Å². The Morgan fingerprint density at radius 1 is 0.680 bits per heavy atom. The molecule has 0 aliphatic carbocycles. The van der Waals surface area contributed by atoms with Gasteiger partial charge in [-0.15, -0.1) is 0 Å². The van der Waals surface area contributed by atoms with Crippen molar-refractivity contribution in [2.45, 2.75) is 6.11 Å². The summed E-state index contributed by atoms with van der Waals surface area (Å²) < 4.78 is 73.1. The Morgan fingerprint density at radius 3 is 1.92 bits per heavy atom. The molecule has 0 N–H and O–H groups in total. The summed E-state index contributed by atoms with van der Waals surface area (Å²) in [6.45, 7) is 0. The van der Waals surface area contributed by atoms with E-state index >= 15 is 0 Å². The van der Waals surface area contributed by atoms with Gasteiger partial charge in [0, 0.05) is 18.2 Å². The lowest BCUT2D eigenvalue weighted by molar-refractivity contribution is -0.187. The predicted octanol–water partition coefficient (Wildman–Crippen LogP) is 5.90. The maximum Gasteiger partial charge on any atom is 0.429 e. The van der Waals surface area contributed by atoms with E-state index < -0.39 is 34.9 Å². The fourth-order valence-corrected chi connectivity index (χ4v) is 2.35. The molecular weight excluding hydrogens is 339 g/mol. The van der Waals surface area contributed by atoms with Crippen LogP contribution >= 0.6 is 0 Å². The van der Waals surface area contributed by atoms with Crippen LogP contribution < -0.4 is 4.74 Å². The minimum absolute atomic E-state index is 0.412. The van der Waals surface area contributed by atoms with Gasteiger partial charge in [-0.1, -0.05) is 36.4 Å². The van der Waals surface area contributed by atoms with E-state index in [1.54, 1.807) is 30.3 Å². The Bertz CT molecular complexity index is 873. The second-order valence-electron chi connectivity index (χ2n) is 5.28. The second-order valence-corrected chi connectivity index (χ2v) is 5.28. The van der Waals surface area contributed by atoms with Crippen LogP contribution in [0.4, 0.5) is 22.0 Å². The topological polar surface area (TPSA) is 9.23 Å². The van der Waals surface area contributed by atoms with E-state index in [4.69, 9.17) is 0 Å². The highest BCUT2D eigenvalue weighted by molar-refractivity contribution is 5.63. The van der Waals surface area contributed by atoms with Crippen LogP contribution in [0, 0.1) is 17.5 Å². The summed E-state index contributed by atoms with van der Waals surface area (Å²) in [4.78, 5) is 0. The lowest BCUT2D eigenvalue weighted by Gasteiger charge is -2.19. The minimum Gasteiger partial charge on any atom is -0.429 e. The summed E-state index contributed by atoms with van der Waals surface area (Å²) in [5, 5.41) is 0. The van der Waals surface area contributed by atoms with E-state index in [-0.39, 0.29) is 0 Å². The van der Waals surface area contributed by atoms with Crippen molar-refractivity contribution in [1.82, 2.24) is 0 Å². The van der Waals surface area contributed by atoms with E-state index in [9.17, 15) is 22.0 Å². The SMILES string of the molecule is Fc1cc(F)cc(OC(F)(F)c2ccc(-c3ccccc3)cc2F)c1. The van der Waals surface area contributed by atoms with Gasteiger partial charge in [0.2, 0.25) is 0 Å². The quantitative estimate of drug-likeness (QED) is 0.532. The number of halogens is 5. The van der Waals surface area contributed by atoms with Gasteiger partial charge >= 0.3 is 6.11 Å². The van der Waals surface area contributed by atoms with Crippen LogP contribution in [0.15, 0.2) is 66.7 Å². The van der Waals surface area contributed by atoms with Gasteiger partial charge in [0.05, 0.1) is 5.56 Å². The van der Waals surface area contributed by atoms with Crippen molar-refractivity contribution in [3.05, 3.63) is 89.7 Å². The molecular formula is C19H11F5O. The molecule has 0 aliphatic heterocycles. The predicted molar refractivity (Wildman–Crippen MR) is 82.7 cm³/mol. The van der Waals surface area contributed by atoms with E-state index in [1.165, 1.54) is 6.07 Å². The molecule has 0 saturated heterocycles. The maximum absolute atomic E-state index is 14.2. The third kappa shape index (κ3) is 3.79. The monoisotopic (exact) mass is 350 g/mol. The first-order valence-electron chi connectivity index (χ1n) is 7.23. The molecule has 3 rings (SSSR count). The van der Waals surface area contributed by atoms with Crippen LogP contribution in [0.25, 0.3) is 11.1 Å². The molecule has 0 heterocycles. The smallest absolute Gasteiger partial charge is 0.429 e. The van der Waals surface area contributed by atoms with Crippen molar-refractivity contribution < 1.29 is 26.7 Å². The van der Waals surface area contributed by atoms with Crippen molar-refractivity contribution in [3.8, 4) is 16.9 Å². The summed E-state index contributed by atoms with van der Waals surface area (Å²) in [5.74, 6) is -4.09. The van der Waals surface area contributed by atoms with E-state index in [1.807, 2.05) is 0 Å². The molecule has 6 heteroatoms. The molecule has 1 nitrogen and oxygen atoms in total. The highest BCUT2D eigenvalue weighted by Crippen LogP contribution is 2.35. The number of alkyl halides is 2. The van der Waals surface area contributed by atoms with Gasteiger partial charge in [0.25, 0.3) is 0 Å². The van der Waals surface area contributed by atoms with Crippen LogP contribution in [0.1, 0.15) is 5.56 Å². The largest absolute Gasteiger partial charge is 0.429 e. The lowest BCUT2D eigenvalue weighted by Crippen LogP contribution is -2.23. The molecule has 0 aromatic heterocycles. The molecule has 0 aliphatic rings. The molecule has 0 spiro atoms. The van der Waals surface area contributed by atoms with Gasteiger partial charge in [0.15, 0.2) is 0 Å². The number of benzene rings is 3. The van der Waals surface area contributed by atoms with Crippen molar-refractivity contribution in [1.29, 1.82) is 0 Å². The first-order valence-corrected chi connectivity index (χ1v) is 7.23. The van der Waals surface area contributed by atoms with Crippen LogP contribution in [-0.4, -0.2) is 0 Å². The van der Waals surface area contributed by atoms with Gasteiger partial charge in [-0.25, -0.2) is 13.2 Å². The van der Waals surface area contributed by atoms with Crippen LogP contribution in [0.5, 0.6) is 5.75 Å². The Morgan fingerprint density at radius 2 is 1.32 bits per heavy atom. The third-order valence-electron chi connectivity index (χ3n) is 3.47. The van der Waals surface area contributed by atoms with E-state index in [0.717, 1.165) is 12.1 Å². The summed E-state index contributed by atoms with van der Waals surface area (Å²) in [7, 11) is 0. The molecule has 0 amide bonds. The van der Waals surface area contributed by atoms with Crippen LogP contribution in [-0.2, 0) is 6.11 Å². The molecule has 0 atom stereocenters. The fraction of sp³-hybridized carbons (Fsp3) is 0.0526. The number of rotatable bonds is 4. The van der Waals surface area contributed by atoms with Gasteiger partial charge in [-0.05, 0) is 23.3 Å². The van der Waals surface area contributed by atoms with E-state index in [0.29, 0.717) is 29.3 Å². The van der Waals surface area contributed by atoms with Crippen LogP contribution in [0.2, 0.25) is 0 Å². The lowest BCUT2D eigenvalue weighted by atomic mass is 10.0. The maximum atomic E-state index is 14.2. The zero-order chi connectivity index (χ0) is 18.0. The highest BCUT2D eigenvalue weighted by Gasteiger charge is 2.38. The average Bonchev–Trinajstić information content (AvgIpc) is 2.54. The Kier molecular flexibility index (Phi) is 4.44. The average molecular weight is 350 g/mol. The molecule has 0 fully saturated rings. The number of ether oxygens (including phenoxy) is 1. The summed E-state index contributed by atoms with van der Waals surface area (Å²) in [6.07, 6.45) is -4.10. The molecule has 0 bridgehead atoms. The van der Waals surface area contributed by atoms with Crippen molar-refractivity contribution in [2.24, 2.45) is 0 Å². The van der Waals surface area contributed by atoms with Crippen molar-refractivity contribution in [2.75, 3.05) is 0 Å². The standard InChI is InChI=1S/C19H11F5O/c20-14-9-15(21)11-16(10-14)25-19(23,24)17-7-6-13(8-18(17)22)12-4-2-1-3-5-12/h1-11H. The molecule has 128 valence electrons. The van der Waals surface area contributed by atoms with E-state index in [2.05, 4.69) is 4.74 Å². The summed E-state index contributed by atoms with van der Waals surface area (Å²) in [5.41, 5.74) is 0.0377. The summed E-state index contributed by atoms with van der Waals surface area (Å²) >= 11 is 0. The third-order valence-corrected chi connectivity index (χ3v) is 3.47. The molecule has 3 aromatic carbocycles. The zero-order valence-electron chi connectivity index (χ0n) is 12.6. The first-order chi connectivity index (χ1) is 11.8. The molecule has 0 radical (unpaired) electrons. The molecule has 25 heavy (non-hydrogen) atoms. The summed E-state index contributed by atoms with van der Waals surface area (Å²) in [6, 6.07) is 13.5. The highest BCUT2D eigenvalue weighted by atomic mass is 19.3. The first kappa shape index (κ1) is 17.0. The molecule has 0 saturated carbocycles. The normalized spacial score (nSPS) is 11.4. The Labute approximate surface area is 140 Å². The van der Waals surface area contributed by atoms with Gasteiger partial charge < -0.3 is 4.74 Å². The molecule has 0 unspecified atom stereocenters. The van der Waals surface area contributed by atoms with Crippen molar-refractivity contribution >= 4 is 0 Å². The van der Waals surface area contributed by atoms with Crippen molar-refractivity contribution in [3.63, 3.8) is 0 Å². The van der Waals surface area contributed by atoms with Crippen LogP contribution in [0.3, 0.4) is 0 Å². The fourth-order valence-electron chi connectivity index (χ4n) is 2.35. The number of hydrogen-bond donors (Lipinski definition) is 0. The van der Waals surface area contributed by atoms with Gasteiger partial charge in [0.1, 0.15) is 23.2 Å². The Hall–Kier alpha value is -2.89. The zero-order valence-corrected chi connectivity index (χ0v) is 12.6. The Balaban J connectivity index is 1.91. The minimum atomic E-state index is -4.10. The van der Waals surface area contributed by atoms with Gasteiger partial charge in [-0.3, -0.25) is 0 Å². The molecule has 3 aromatic rings. The number of hydrogen-bond acceptors (Lipinski definition) is 1.